The third kappa shape index (κ3) is 3.85. The molecule has 1 unspecified atom stereocenters. The van der Waals surface area contributed by atoms with Crippen LogP contribution in [-0.2, 0) is 16.0 Å². The summed E-state index contributed by atoms with van der Waals surface area (Å²) >= 11 is 0. The van der Waals surface area contributed by atoms with Gasteiger partial charge < -0.3 is 16.0 Å². The van der Waals surface area contributed by atoms with Crippen LogP contribution in [0.25, 0.3) is 0 Å². The van der Waals surface area contributed by atoms with Crippen LogP contribution in [0.4, 0.5) is 5.69 Å². The highest BCUT2D eigenvalue weighted by atomic mass is 16.2. The van der Waals surface area contributed by atoms with Gasteiger partial charge in [-0.05, 0) is 31.9 Å². The molecule has 1 aromatic carbocycles. The van der Waals surface area contributed by atoms with Crippen LogP contribution in [-0.4, -0.2) is 30.4 Å². The number of carbonyl (C=O) groups excluding carboxylic acids is 2. The van der Waals surface area contributed by atoms with E-state index < -0.39 is 5.54 Å². The molecule has 1 saturated heterocycles. The monoisotopic (exact) mass is 303 g/mol. The van der Waals surface area contributed by atoms with E-state index >= 15 is 0 Å². The molecule has 1 aromatic rings. The van der Waals surface area contributed by atoms with Crippen LogP contribution in [0.5, 0.6) is 0 Å². The van der Waals surface area contributed by atoms with Gasteiger partial charge in [-0.1, -0.05) is 25.1 Å². The summed E-state index contributed by atoms with van der Waals surface area (Å²) in [5, 5.41) is 2.84. The molecule has 1 heterocycles. The molecule has 0 aliphatic carbocycles. The van der Waals surface area contributed by atoms with Crippen molar-refractivity contribution in [2.75, 3.05) is 18.0 Å². The predicted molar refractivity (Wildman–Crippen MR) is 87.6 cm³/mol. The molecule has 0 saturated carbocycles. The van der Waals surface area contributed by atoms with Gasteiger partial charge in [0.15, 0.2) is 0 Å². The van der Waals surface area contributed by atoms with Gasteiger partial charge in [0.25, 0.3) is 0 Å². The number of nitrogens with one attached hydrogen (secondary N) is 1. The van der Waals surface area contributed by atoms with E-state index in [0.29, 0.717) is 13.1 Å². The summed E-state index contributed by atoms with van der Waals surface area (Å²) in [7, 11) is 0. The number of amides is 2. The third-order valence-corrected chi connectivity index (χ3v) is 3.88. The van der Waals surface area contributed by atoms with Gasteiger partial charge in [0.05, 0.1) is 5.92 Å². The van der Waals surface area contributed by atoms with Crippen LogP contribution in [0.3, 0.4) is 0 Å². The number of rotatable bonds is 5. The largest absolute Gasteiger partial charge is 0.354 e. The zero-order valence-corrected chi connectivity index (χ0v) is 13.6. The van der Waals surface area contributed by atoms with Crippen LogP contribution < -0.4 is 16.0 Å². The molecule has 0 bridgehead atoms. The Bertz CT molecular complexity index is 563. The van der Waals surface area contributed by atoms with Gasteiger partial charge in [-0.3, -0.25) is 9.59 Å². The molecule has 0 aromatic heterocycles. The molecule has 5 heteroatoms. The predicted octanol–water partition coefficient (Wildman–Crippen LogP) is 1.46. The first-order valence-electron chi connectivity index (χ1n) is 7.76. The van der Waals surface area contributed by atoms with Crippen molar-refractivity contribution in [1.29, 1.82) is 0 Å². The minimum absolute atomic E-state index is 0.00746. The normalized spacial score (nSPS) is 18.6. The molecule has 5 nitrogen and oxygen atoms in total. The van der Waals surface area contributed by atoms with Crippen LogP contribution in [0, 0.1) is 5.92 Å². The number of carbonyl (C=O) groups is 2. The highest BCUT2D eigenvalue weighted by Gasteiger charge is 2.35. The lowest BCUT2D eigenvalue weighted by molar-refractivity contribution is -0.126. The molecular formula is C17H25N3O2. The Morgan fingerprint density at radius 1 is 1.41 bits per heavy atom. The fourth-order valence-corrected chi connectivity index (χ4v) is 2.65. The van der Waals surface area contributed by atoms with Gasteiger partial charge in [0.2, 0.25) is 11.8 Å². The maximum Gasteiger partial charge on any atom is 0.227 e. The van der Waals surface area contributed by atoms with Crippen LogP contribution >= 0.6 is 0 Å². The molecule has 2 rings (SSSR count). The van der Waals surface area contributed by atoms with Gasteiger partial charge in [0, 0.05) is 30.7 Å². The van der Waals surface area contributed by atoms with Crippen LogP contribution in [0.15, 0.2) is 24.3 Å². The first-order valence-corrected chi connectivity index (χ1v) is 7.76. The van der Waals surface area contributed by atoms with E-state index in [4.69, 9.17) is 5.73 Å². The summed E-state index contributed by atoms with van der Waals surface area (Å²) in [6, 6.07) is 7.86. The fraction of sp³-hybridized carbons (Fsp3) is 0.529. The average Bonchev–Trinajstić information content (AvgIpc) is 2.86. The first-order chi connectivity index (χ1) is 10.3. The molecule has 1 fully saturated rings. The molecular weight excluding hydrogens is 278 g/mol. The Balaban J connectivity index is 2.06. The second-order valence-corrected chi connectivity index (χ2v) is 6.59. The van der Waals surface area contributed by atoms with Gasteiger partial charge in [-0.25, -0.2) is 0 Å². The Hall–Kier alpha value is -1.88. The standard InChI is InChI=1S/C17H25N3O2/c1-4-12-7-5-6-8-14(12)20-10-13(9-15(20)21)16(22)19-11-17(2,3)18/h5-8,13H,4,9-11,18H2,1-3H3,(H,19,22). The Morgan fingerprint density at radius 3 is 2.73 bits per heavy atom. The Labute approximate surface area is 131 Å². The van der Waals surface area contributed by atoms with E-state index in [0.717, 1.165) is 17.7 Å². The number of nitrogens with two attached hydrogens (primary N) is 1. The zero-order valence-electron chi connectivity index (χ0n) is 13.6. The fourth-order valence-electron chi connectivity index (χ4n) is 2.65. The van der Waals surface area contributed by atoms with Gasteiger partial charge >= 0.3 is 0 Å². The van der Waals surface area contributed by atoms with Crippen molar-refractivity contribution in [3.63, 3.8) is 0 Å². The van der Waals surface area contributed by atoms with Crippen molar-refractivity contribution in [1.82, 2.24) is 5.32 Å². The Morgan fingerprint density at radius 2 is 2.09 bits per heavy atom. The number of nitrogens with zero attached hydrogens (tertiary/aromatic N) is 1. The molecule has 2 amide bonds. The number of para-hydroxylation sites is 1. The van der Waals surface area contributed by atoms with Crippen molar-refractivity contribution >= 4 is 17.5 Å². The summed E-state index contributed by atoms with van der Waals surface area (Å²) in [6.07, 6.45) is 1.12. The minimum atomic E-state index is -0.452. The number of hydrogen-bond acceptors (Lipinski definition) is 3. The van der Waals surface area contributed by atoms with Crippen molar-refractivity contribution in [3.8, 4) is 0 Å². The SMILES string of the molecule is CCc1ccccc1N1CC(C(=O)NCC(C)(C)N)CC1=O. The van der Waals surface area contributed by atoms with Gasteiger partial charge in [-0.2, -0.15) is 0 Å². The maximum absolute atomic E-state index is 12.3. The van der Waals surface area contributed by atoms with Crippen molar-refractivity contribution < 1.29 is 9.59 Å². The molecule has 22 heavy (non-hydrogen) atoms. The quantitative estimate of drug-likeness (QED) is 0.864. The minimum Gasteiger partial charge on any atom is -0.354 e. The van der Waals surface area contributed by atoms with E-state index in [-0.39, 0.29) is 24.2 Å². The third-order valence-electron chi connectivity index (χ3n) is 3.88. The van der Waals surface area contributed by atoms with E-state index in [2.05, 4.69) is 12.2 Å². The molecule has 0 radical (unpaired) electrons. The maximum atomic E-state index is 12.3. The van der Waals surface area contributed by atoms with E-state index in [1.807, 2.05) is 38.1 Å². The van der Waals surface area contributed by atoms with Gasteiger partial charge in [-0.15, -0.1) is 0 Å². The highest BCUT2D eigenvalue weighted by Crippen LogP contribution is 2.28. The second-order valence-electron chi connectivity index (χ2n) is 6.59. The van der Waals surface area contributed by atoms with E-state index in [1.54, 1.807) is 4.90 Å². The lowest BCUT2D eigenvalue weighted by Gasteiger charge is -2.21. The summed E-state index contributed by atoms with van der Waals surface area (Å²) in [6.45, 7) is 6.62. The number of benzene rings is 1. The molecule has 3 N–H and O–H groups in total. The lowest BCUT2D eigenvalue weighted by atomic mass is 10.1. The van der Waals surface area contributed by atoms with Crippen molar-refractivity contribution in [2.45, 2.75) is 39.2 Å². The summed E-state index contributed by atoms with van der Waals surface area (Å²) < 4.78 is 0. The molecule has 1 aliphatic rings. The molecule has 120 valence electrons. The van der Waals surface area contributed by atoms with E-state index in [9.17, 15) is 9.59 Å². The zero-order chi connectivity index (χ0) is 16.3. The topological polar surface area (TPSA) is 75.4 Å². The van der Waals surface area contributed by atoms with E-state index in [1.165, 1.54) is 0 Å². The molecule has 1 aliphatic heterocycles. The Kier molecular flexibility index (Phi) is 4.86. The summed E-state index contributed by atoms with van der Waals surface area (Å²) in [5.41, 5.74) is 7.47. The first kappa shape index (κ1) is 16.5. The van der Waals surface area contributed by atoms with Crippen LogP contribution in [0.1, 0.15) is 32.8 Å². The smallest absolute Gasteiger partial charge is 0.227 e. The second kappa shape index (κ2) is 6.48. The number of hydrogen-bond donors (Lipinski definition) is 2. The number of aryl methyl sites for hydroxylation is 1. The van der Waals surface area contributed by atoms with Gasteiger partial charge in [0.1, 0.15) is 0 Å². The lowest BCUT2D eigenvalue weighted by Crippen LogP contribution is -2.46. The highest BCUT2D eigenvalue weighted by molar-refractivity contribution is 6.00. The molecule has 0 spiro atoms. The van der Waals surface area contributed by atoms with Crippen molar-refractivity contribution in [2.24, 2.45) is 11.7 Å². The summed E-state index contributed by atoms with van der Waals surface area (Å²) in [4.78, 5) is 26.2. The number of anilines is 1. The van der Waals surface area contributed by atoms with Crippen molar-refractivity contribution in [3.05, 3.63) is 29.8 Å². The average molecular weight is 303 g/mol. The summed E-state index contributed by atoms with van der Waals surface area (Å²) in [5.74, 6) is -0.392. The molecule has 1 atom stereocenters. The van der Waals surface area contributed by atoms with Crippen LogP contribution in [0.2, 0.25) is 0 Å².